The number of aliphatic hydroxyl groups excluding tert-OH is 1. The third-order valence-electron chi connectivity index (χ3n) is 6.26. The van der Waals surface area contributed by atoms with Crippen LogP contribution in [-0.2, 0) is 6.42 Å². The van der Waals surface area contributed by atoms with Crippen LogP contribution >= 0.6 is 0 Å². The number of halogens is 3. The summed E-state index contributed by atoms with van der Waals surface area (Å²) in [5.41, 5.74) is 2.35. The number of nitrogens with zero attached hydrogens (tertiary/aromatic N) is 1. The van der Waals surface area contributed by atoms with Gasteiger partial charge in [-0.2, -0.15) is 13.2 Å². The molecule has 1 saturated heterocycles. The molecule has 3 rings (SSSR count). The van der Waals surface area contributed by atoms with Gasteiger partial charge in [-0.15, -0.1) is 0 Å². The van der Waals surface area contributed by atoms with Crippen molar-refractivity contribution in [2.75, 3.05) is 26.8 Å². The van der Waals surface area contributed by atoms with E-state index < -0.39 is 12.6 Å². The van der Waals surface area contributed by atoms with Crippen molar-refractivity contribution in [3.05, 3.63) is 23.3 Å². The Balaban J connectivity index is 1.67. The smallest absolute Gasteiger partial charge is 0.389 e. The fraction of sp³-hybridized carbons (Fsp3) is 0.739. The lowest BCUT2D eigenvalue weighted by atomic mass is 9.79. The van der Waals surface area contributed by atoms with Gasteiger partial charge in [0.2, 0.25) is 0 Å². The number of piperidine rings is 1. The molecule has 30 heavy (non-hydrogen) atoms. The Morgan fingerprint density at radius 3 is 2.63 bits per heavy atom. The number of hydrogen-bond donors (Lipinski definition) is 1. The summed E-state index contributed by atoms with van der Waals surface area (Å²) in [6, 6.07) is 4.14. The lowest BCUT2D eigenvalue weighted by Gasteiger charge is -2.46. The molecule has 170 valence electrons. The van der Waals surface area contributed by atoms with E-state index in [1.807, 2.05) is 12.1 Å². The van der Waals surface area contributed by atoms with E-state index >= 15 is 0 Å². The number of methoxy groups -OCH3 is 1. The van der Waals surface area contributed by atoms with Gasteiger partial charge < -0.3 is 14.6 Å². The molecule has 1 N–H and O–H groups in total. The normalized spacial score (nSPS) is 24.5. The maximum atomic E-state index is 12.3. The van der Waals surface area contributed by atoms with Gasteiger partial charge in [-0.1, -0.05) is 13.8 Å². The van der Waals surface area contributed by atoms with Crippen molar-refractivity contribution in [1.29, 1.82) is 0 Å². The van der Waals surface area contributed by atoms with Gasteiger partial charge in [0.15, 0.2) is 11.5 Å². The van der Waals surface area contributed by atoms with E-state index in [2.05, 4.69) is 18.7 Å². The topological polar surface area (TPSA) is 41.9 Å². The van der Waals surface area contributed by atoms with Gasteiger partial charge in [0.1, 0.15) is 0 Å². The van der Waals surface area contributed by atoms with E-state index in [1.54, 1.807) is 7.11 Å². The zero-order valence-corrected chi connectivity index (χ0v) is 18.2. The van der Waals surface area contributed by atoms with Crippen LogP contribution in [-0.4, -0.2) is 49.1 Å². The van der Waals surface area contributed by atoms with Crippen LogP contribution in [0.4, 0.5) is 13.2 Å². The molecule has 2 aliphatic rings. The Morgan fingerprint density at radius 1 is 1.20 bits per heavy atom. The van der Waals surface area contributed by atoms with Gasteiger partial charge in [-0.05, 0) is 67.2 Å². The Kier molecular flexibility index (Phi) is 7.56. The third-order valence-corrected chi connectivity index (χ3v) is 6.26. The highest BCUT2D eigenvalue weighted by Crippen LogP contribution is 2.43. The van der Waals surface area contributed by atoms with E-state index in [0.29, 0.717) is 36.2 Å². The van der Waals surface area contributed by atoms with E-state index in [9.17, 15) is 18.3 Å². The number of unbranched alkanes of at least 4 members (excludes halogenated alkanes) is 1. The second-order valence-corrected chi connectivity index (χ2v) is 9.08. The fourth-order valence-electron chi connectivity index (χ4n) is 4.82. The van der Waals surface area contributed by atoms with E-state index in [4.69, 9.17) is 9.47 Å². The molecule has 0 aliphatic carbocycles. The predicted octanol–water partition coefficient (Wildman–Crippen LogP) is 5.13. The molecule has 1 aromatic rings. The summed E-state index contributed by atoms with van der Waals surface area (Å²) in [4.78, 5) is 2.47. The van der Waals surface area contributed by atoms with Gasteiger partial charge >= 0.3 is 6.18 Å². The van der Waals surface area contributed by atoms with Crippen molar-refractivity contribution in [3.8, 4) is 11.5 Å². The SMILES string of the molecule is COc1cc2c(cc1OCCCCC(F)(F)F)CCN1CC(CC(C)C)C(O)CC21. The zero-order chi connectivity index (χ0) is 21.9. The molecule has 1 fully saturated rings. The van der Waals surface area contributed by atoms with Crippen LogP contribution in [0.3, 0.4) is 0 Å². The van der Waals surface area contributed by atoms with Crippen molar-refractivity contribution < 1.29 is 27.8 Å². The first-order valence-corrected chi connectivity index (χ1v) is 11.0. The lowest BCUT2D eigenvalue weighted by molar-refractivity contribution is -0.135. The summed E-state index contributed by atoms with van der Waals surface area (Å²) < 4.78 is 48.1. The highest BCUT2D eigenvalue weighted by atomic mass is 19.4. The van der Waals surface area contributed by atoms with Gasteiger partial charge in [-0.25, -0.2) is 0 Å². The second kappa shape index (κ2) is 9.77. The van der Waals surface area contributed by atoms with Crippen LogP contribution < -0.4 is 9.47 Å². The van der Waals surface area contributed by atoms with Crippen molar-refractivity contribution in [1.82, 2.24) is 4.90 Å². The lowest BCUT2D eigenvalue weighted by Crippen LogP contribution is -2.48. The standard InChI is InChI=1S/C23H34F3NO3/c1-15(2)10-17-14-27-8-6-16-11-22(30-9-5-4-7-23(24,25)26)21(29-3)12-18(16)19(27)13-20(17)28/h11-12,15,17,19-20,28H,4-10,13-14H2,1-3H3. The molecule has 2 aliphatic heterocycles. The number of fused-ring (bicyclic) bond motifs is 3. The highest BCUT2D eigenvalue weighted by Gasteiger charge is 2.38. The van der Waals surface area contributed by atoms with Crippen molar-refractivity contribution >= 4 is 0 Å². The molecular formula is C23H34F3NO3. The Hall–Kier alpha value is -1.47. The largest absolute Gasteiger partial charge is 0.493 e. The Labute approximate surface area is 177 Å². The molecule has 1 aromatic carbocycles. The zero-order valence-electron chi connectivity index (χ0n) is 18.2. The van der Waals surface area contributed by atoms with Crippen LogP contribution in [0.1, 0.15) is 63.1 Å². The molecule has 3 atom stereocenters. The summed E-state index contributed by atoms with van der Waals surface area (Å²) >= 11 is 0. The van der Waals surface area contributed by atoms with Crippen LogP contribution in [0.5, 0.6) is 11.5 Å². The monoisotopic (exact) mass is 429 g/mol. The minimum absolute atomic E-state index is 0.0588. The maximum absolute atomic E-state index is 12.3. The minimum Gasteiger partial charge on any atom is -0.493 e. The second-order valence-electron chi connectivity index (χ2n) is 9.08. The fourth-order valence-corrected chi connectivity index (χ4v) is 4.82. The maximum Gasteiger partial charge on any atom is 0.389 e. The van der Waals surface area contributed by atoms with Gasteiger partial charge in [0.05, 0.1) is 19.8 Å². The molecule has 0 spiro atoms. The molecule has 0 amide bonds. The summed E-state index contributed by atoms with van der Waals surface area (Å²) in [6.45, 7) is 6.47. The summed E-state index contributed by atoms with van der Waals surface area (Å²) in [6.07, 6.45) is -2.17. The first kappa shape index (κ1) is 23.2. The number of benzene rings is 1. The molecule has 0 bridgehead atoms. The van der Waals surface area contributed by atoms with Gasteiger partial charge in [0.25, 0.3) is 0 Å². The quantitative estimate of drug-likeness (QED) is 0.582. The van der Waals surface area contributed by atoms with Gasteiger partial charge in [0, 0.05) is 25.6 Å². The van der Waals surface area contributed by atoms with Crippen LogP contribution in [0.15, 0.2) is 12.1 Å². The molecular weight excluding hydrogens is 395 g/mol. The number of ether oxygens (including phenoxy) is 2. The van der Waals surface area contributed by atoms with Crippen molar-refractivity contribution in [2.24, 2.45) is 11.8 Å². The third kappa shape index (κ3) is 5.82. The van der Waals surface area contributed by atoms with Crippen LogP contribution in [0.25, 0.3) is 0 Å². The van der Waals surface area contributed by atoms with Crippen molar-refractivity contribution in [2.45, 2.75) is 70.7 Å². The Bertz CT molecular complexity index is 708. The molecule has 2 heterocycles. The first-order chi connectivity index (χ1) is 14.2. The Morgan fingerprint density at radius 2 is 1.97 bits per heavy atom. The molecule has 4 nitrogen and oxygen atoms in total. The summed E-state index contributed by atoms with van der Waals surface area (Å²) in [7, 11) is 1.58. The highest BCUT2D eigenvalue weighted by molar-refractivity contribution is 5.49. The number of rotatable bonds is 8. The molecule has 3 unspecified atom stereocenters. The average molecular weight is 430 g/mol. The number of hydrogen-bond acceptors (Lipinski definition) is 4. The number of aliphatic hydroxyl groups is 1. The first-order valence-electron chi connectivity index (χ1n) is 11.0. The summed E-state index contributed by atoms with van der Waals surface area (Å²) in [5, 5.41) is 10.7. The number of alkyl halides is 3. The van der Waals surface area contributed by atoms with Gasteiger partial charge in [-0.3, -0.25) is 4.90 Å². The predicted molar refractivity (Wildman–Crippen MR) is 110 cm³/mol. The molecule has 0 aromatic heterocycles. The molecule has 0 saturated carbocycles. The van der Waals surface area contributed by atoms with E-state index in [0.717, 1.165) is 25.9 Å². The summed E-state index contributed by atoms with van der Waals surface area (Å²) in [5.74, 6) is 2.06. The molecule has 0 radical (unpaired) electrons. The minimum atomic E-state index is -4.12. The van der Waals surface area contributed by atoms with Crippen LogP contribution in [0, 0.1) is 11.8 Å². The van der Waals surface area contributed by atoms with E-state index in [-0.39, 0.29) is 25.2 Å². The molecule has 7 heteroatoms. The van der Waals surface area contributed by atoms with Crippen molar-refractivity contribution in [3.63, 3.8) is 0 Å². The van der Waals surface area contributed by atoms with Crippen LogP contribution in [0.2, 0.25) is 0 Å². The van der Waals surface area contributed by atoms with E-state index in [1.165, 1.54) is 11.1 Å². The average Bonchev–Trinajstić information content (AvgIpc) is 2.66.